The van der Waals surface area contributed by atoms with Crippen LogP contribution in [0.3, 0.4) is 0 Å². The van der Waals surface area contributed by atoms with E-state index in [1.165, 1.54) is 15.7 Å². The van der Waals surface area contributed by atoms with E-state index >= 15 is 0 Å². The Morgan fingerprint density at radius 3 is 2.70 bits per heavy atom. The van der Waals surface area contributed by atoms with Gasteiger partial charge in [-0.1, -0.05) is 29.0 Å². The van der Waals surface area contributed by atoms with Gasteiger partial charge in [-0.25, -0.2) is 0 Å². The Kier molecular flexibility index (Phi) is 4.89. The van der Waals surface area contributed by atoms with Crippen LogP contribution in [-0.2, 0) is 4.74 Å². The number of hydrogen-bond donors (Lipinski definition) is 0. The molecule has 1 aliphatic heterocycles. The number of ether oxygens (including phenoxy) is 1. The molecule has 0 bridgehead atoms. The van der Waals surface area contributed by atoms with Gasteiger partial charge in [0.15, 0.2) is 0 Å². The molecule has 4 heterocycles. The van der Waals surface area contributed by atoms with Crippen LogP contribution in [0, 0.1) is 17.0 Å². The summed E-state index contributed by atoms with van der Waals surface area (Å²) in [5.41, 5.74) is 2.03. The lowest BCUT2D eigenvalue weighted by Gasteiger charge is -2.27. The summed E-state index contributed by atoms with van der Waals surface area (Å²) in [7, 11) is 0. The highest BCUT2D eigenvalue weighted by Gasteiger charge is 2.28. The maximum atomic E-state index is 11.7. The van der Waals surface area contributed by atoms with Gasteiger partial charge in [0, 0.05) is 18.5 Å². The second-order valence-corrected chi connectivity index (χ2v) is 8.54. The van der Waals surface area contributed by atoms with Gasteiger partial charge in [-0.05, 0) is 35.7 Å². The van der Waals surface area contributed by atoms with Gasteiger partial charge in [-0.15, -0.1) is 10.2 Å². The molecule has 4 aromatic rings. The van der Waals surface area contributed by atoms with Crippen molar-refractivity contribution >= 4 is 39.8 Å². The Labute approximate surface area is 179 Å². The molecule has 0 saturated carbocycles. The summed E-state index contributed by atoms with van der Waals surface area (Å²) in [6.45, 7) is 4.66. The van der Waals surface area contributed by atoms with Crippen molar-refractivity contribution in [2.24, 2.45) is 0 Å². The second-order valence-electron chi connectivity index (χ2n) is 6.71. The third kappa shape index (κ3) is 3.32. The van der Waals surface area contributed by atoms with Crippen LogP contribution in [-0.4, -0.2) is 55.4 Å². The predicted octanol–water partition coefficient (Wildman–Crippen LogP) is 3.18. The number of thiazole rings is 1. The van der Waals surface area contributed by atoms with Crippen LogP contribution >= 0.6 is 23.1 Å². The average Bonchev–Trinajstić information content (AvgIpc) is 3.44. The number of morpholine rings is 1. The third-order valence-corrected chi connectivity index (χ3v) is 6.44. The number of hydrogen-bond acceptors (Lipinski definition) is 9. The van der Waals surface area contributed by atoms with Crippen molar-refractivity contribution in [2.45, 2.75) is 17.1 Å². The number of benzene rings is 1. The van der Waals surface area contributed by atoms with E-state index in [9.17, 15) is 10.1 Å². The molecule has 0 spiro atoms. The summed E-state index contributed by atoms with van der Waals surface area (Å²) >= 11 is 2.50. The number of imidazole rings is 1. The third-order valence-electron chi connectivity index (χ3n) is 4.77. The summed E-state index contributed by atoms with van der Waals surface area (Å²) in [5, 5.41) is 23.1. The van der Waals surface area contributed by atoms with Gasteiger partial charge >= 0.3 is 5.82 Å². The van der Waals surface area contributed by atoms with E-state index in [0.717, 1.165) is 23.0 Å². The molecule has 5 rings (SSSR count). The normalized spacial score (nSPS) is 14.5. The van der Waals surface area contributed by atoms with Gasteiger partial charge in [0.2, 0.25) is 16.1 Å². The van der Waals surface area contributed by atoms with Crippen LogP contribution < -0.4 is 4.90 Å². The van der Waals surface area contributed by atoms with Gasteiger partial charge in [0.25, 0.3) is 4.96 Å². The number of fused-ring (bicyclic) bond motifs is 1. The molecule has 0 aliphatic carbocycles. The van der Waals surface area contributed by atoms with Crippen LogP contribution in [0.2, 0.25) is 0 Å². The van der Waals surface area contributed by atoms with E-state index in [1.807, 2.05) is 35.8 Å². The molecule has 0 radical (unpaired) electrons. The van der Waals surface area contributed by atoms with Crippen molar-refractivity contribution in [3.05, 3.63) is 51.5 Å². The molecule has 0 atom stereocenters. The standard InChI is InChI=1S/C18H17N7O3S2/c1-12-2-4-13(5-3-12)24-16(22-6-9-28-10-7-22)20-21-18(24)30-14-15(25(26)27)23-8-11-29-17(23)19-14/h2-5,8,11H,6-7,9-10H2,1H3. The minimum atomic E-state index is -0.412. The fourth-order valence-electron chi connectivity index (χ4n) is 3.29. The summed E-state index contributed by atoms with van der Waals surface area (Å²) in [6.07, 6.45) is 1.65. The molecule has 1 aromatic carbocycles. The van der Waals surface area contributed by atoms with E-state index in [0.29, 0.717) is 47.4 Å². The Morgan fingerprint density at radius 2 is 1.97 bits per heavy atom. The Balaban J connectivity index is 1.61. The quantitative estimate of drug-likeness (QED) is 0.342. The Morgan fingerprint density at radius 1 is 1.20 bits per heavy atom. The SMILES string of the molecule is Cc1ccc(-n2c(Sc3nc4sccn4c3[N+](=O)[O-])nnc2N2CCOCC2)cc1. The average molecular weight is 444 g/mol. The van der Waals surface area contributed by atoms with Crippen LogP contribution in [0.1, 0.15) is 5.56 Å². The highest BCUT2D eigenvalue weighted by Crippen LogP contribution is 2.37. The van der Waals surface area contributed by atoms with Crippen molar-refractivity contribution in [2.75, 3.05) is 31.2 Å². The van der Waals surface area contributed by atoms with Gasteiger partial charge in [0.05, 0.1) is 18.9 Å². The van der Waals surface area contributed by atoms with Crippen molar-refractivity contribution in [3.63, 3.8) is 0 Å². The predicted molar refractivity (Wildman–Crippen MR) is 113 cm³/mol. The monoisotopic (exact) mass is 443 g/mol. The molecule has 0 unspecified atom stereocenters. The van der Waals surface area contributed by atoms with E-state index in [1.54, 1.807) is 11.6 Å². The lowest BCUT2D eigenvalue weighted by molar-refractivity contribution is -0.393. The molecule has 30 heavy (non-hydrogen) atoms. The smallest absolute Gasteiger partial charge is 0.363 e. The lowest BCUT2D eigenvalue weighted by Crippen LogP contribution is -2.37. The zero-order valence-electron chi connectivity index (χ0n) is 16.0. The first-order valence-electron chi connectivity index (χ1n) is 9.25. The fourth-order valence-corrected chi connectivity index (χ4v) is 4.99. The highest BCUT2D eigenvalue weighted by molar-refractivity contribution is 7.99. The molecular weight excluding hydrogens is 426 g/mol. The van der Waals surface area contributed by atoms with Gasteiger partial charge in [-0.3, -0.25) is 4.57 Å². The van der Waals surface area contributed by atoms with E-state index in [-0.39, 0.29) is 5.82 Å². The van der Waals surface area contributed by atoms with Crippen LogP contribution in [0.15, 0.2) is 46.0 Å². The molecule has 154 valence electrons. The minimum Gasteiger partial charge on any atom is -0.378 e. The molecule has 1 fully saturated rings. The summed E-state index contributed by atoms with van der Waals surface area (Å²) < 4.78 is 8.87. The Bertz CT molecular complexity index is 1210. The van der Waals surface area contributed by atoms with Gasteiger partial charge in [0.1, 0.15) is 6.20 Å². The first-order chi connectivity index (χ1) is 14.6. The maximum absolute atomic E-state index is 11.7. The number of aromatic nitrogens is 5. The molecule has 1 aliphatic rings. The molecule has 0 N–H and O–H groups in total. The fraction of sp³-hybridized carbons (Fsp3) is 0.278. The zero-order chi connectivity index (χ0) is 20.7. The molecule has 3 aromatic heterocycles. The second kappa shape index (κ2) is 7.70. The number of rotatable bonds is 5. The van der Waals surface area contributed by atoms with Crippen LogP contribution in [0.4, 0.5) is 11.8 Å². The summed E-state index contributed by atoms with van der Waals surface area (Å²) in [4.78, 5) is 18.4. The van der Waals surface area contributed by atoms with E-state index in [4.69, 9.17) is 4.74 Å². The van der Waals surface area contributed by atoms with Crippen molar-refractivity contribution < 1.29 is 9.66 Å². The molecule has 12 heteroatoms. The van der Waals surface area contributed by atoms with Gasteiger partial charge < -0.3 is 19.8 Å². The topological polar surface area (TPSA) is 104 Å². The number of nitrogens with zero attached hydrogens (tertiary/aromatic N) is 7. The highest BCUT2D eigenvalue weighted by atomic mass is 32.2. The largest absolute Gasteiger partial charge is 0.378 e. The van der Waals surface area contributed by atoms with Crippen molar-refractivity contribution in [1.29, 1.82) is 0 Å². The summed E-state index contributed by atoms with van der Waals surface area (Å²) in [6, 6.07) is 8.02. The van der Waals surface area contributed by atoms with E-state index in [2.05, 4.69) is 20.1 Å². The first kappa shape index (κ1) is 19.0. The number of aryl methyl sites for hydroxylation is 1. The first-order valence-corrected chi connectivity index (χ1v) is 10.9. The Hall–Kier alpha value is -2.96. The van der Waals surface area contributed by atoms with Crippen molar-refractivity contribution in [1.82, 2.24) is 24.1 Å². The van der Waals surface area contributed by atoms with Crippen LogP contribution in [0.5, 0.6) is 0 Å². The molecule has 10 nitrogen and oxygen atoms in total. The maximum Gasteiger partial charge on any atom is 0.363 e. The summed E-state index contributed by atoms with van der Waals surface area (Å²) in [5.74, 6) is 0.621. The lowest BCUT2D eigenvalue weighted by atomic mass is 10.2. The zero-order valence-corrected chi connectivity index (χ0v) is 17.6. The van der Waals surface area contributed by atoms with Crippen molar-refractivity contribution in [3.8, 4) is 5.69 Å². The number of anilines is 1. The minimum absolute atomic E-state index is 0.0670. The van der Waals surface area contributed by atoms with Crippen LogP contribution in [0.25, 0.3) is 10.6 Å². The molecule has 0 amide bonds. The van der Waals surface area contributed by atoms with Gasteiger partial charge in [-0.2, -0.15) is 9.38 Å². The van der Waals surface area contributed by atoms with E-state index < -0.39 is 4.92 Å². The molecular formula is C18H17N7O3S2. The number of nitro groups is 1. The molecule has 1 saturated heterocycles.